The molecule has 2 rings (SSSR count). The van der Waals surface area contributed by atoms with Crippen LogP contribution in [-0.2, 0) is 78.1 Å². The molecule has 6 unspecified atom stereocenters. The number of esters is 7. The molecular formula is C28H34O15. The molecule has 1 aromatic carbocycles. The summed E-state index contributed by atoms with van der Waals surface area (Å²) in [4.78, 5) is 86.0. The molecule has 15 heteroatoms. The molecule has 1 fully saturated rings. The van der Waals surface area contributed by atoms with E-state index in [2.05, 4.69) is 0 Å². The summed E-state index contributed by atoms with van der Waals surface area (Å²) < 4.78 is 43.1. The molecule has 0 saturated carbocycles. The SMILES string of the molecule is CC(=O)OCC(OC(C)=O)C(OC(C)=O)C1OC(OC(C)=O)(C(=O)OCc2ccccc2)CC(OC(C)=O)C1OC(C)=O. The molecule has 0 aromatic heterocycles. The van der Waals surface area contributed by atoms with Crippen molar-refractivity contribution < 1.29 is 71.5 Å². The molecule has 236 valence electrons. The molecule has 15 nitrogen and oxygen atoms in total. The number of carbonyl (C=O) groups excluding carboxylic acids is 7. The minimum atomic E-state index is -2.65. The van der Waals surface area contributed by atoms with E-state index in [9.17, 15) is 33.6 Å². The van der Waals surface area contributed by atoms with Gasteiger partial charge in [0.2, 0.25) is 0 Å². The predicted molar refractivity (Wildman–Crippen MR) is 139 cm³/mol. The smallest absolute Gasteiger partial charge is 0.380 e. The first-order chi connectivity index (χ1) is 20.1. The fraction of sp³-hybridized carbons (Fsp3) is 0.536. The number of benzene rings is 1. The summed E-state index contributed by atoms with van der Waals surface area (Å²) in [5, 5.41) is 0. The Labute approximate surface area is 246 Å². The van der Waals surface area contributed by atoms with Gasteiger partial charge in [0.25, 0.3) is 0 Å². The van der Waals surface area contributed by atoms with Gasteiger partial charge in [-0.2, -0.15) is 0 Å². The van der Waals surface area contributed by atoms with Crippen molar-refractivity contribution in [2.45, 2.75) is 90.9 Å². The van der Waals surface area contributed by atoms with Crippen molar-refractivity contribution in [3.63, 3.8) is 0 Å². The van der Waals surface area contributed by atoms with Crippen LogP contribution in [0, 0.1) is 0 Å². The Morgan fingerprint density at radius 3 is 1.88 bits per heavy atom. The van der Waals surface area contributed by atoms with Crippen molar-refractivity contribution in [3.8, 4) is 0 Å². The second kappa shape index (κ2) is 15.6. The van der Waals surface area contributed by atoms with Crippen LogP contribution in [0.4, 0.5) is 0 Å². The molecule has 43 heavy (non-hydrogen) atoms. The summed E-state index contributed by atoms with van der Waals surface area (Å²) in [7, 11) is 0. The Morgan fingerprint density at radius 2 is 1.37 bits per heavy atom. The van der Waals surface area contributed by atoms with E-state index in [1.165, 1.54) is 0 Å². The average molecular weight is 611 g/mol. The van der Waals surface area contributed by atoms with Gasteiger partial charge in [-0.15, -0.1) is 0 Å². The molecule has 1 heterocycles. The summed E-state index contributed by atoms with van der Waals surface area (Å²) in [5.74, 6) is -9.39. The van der Waals surface area contributed by atoms with Crippen molar-refractivity contribution in [1.82, 2.24) is 0 Å². The highest BCUT2D eigenvalue weighted by atomic mass is 16.8. The first-order valence-electron chi connectivity index (χ1n) is 13.0. The van der Waals surface area contributed by atoms with Crippen molar-refractivity contribution in [2.24, 2.45) is 0 Å². The zero-order valence-corrected chi connectivity index (χ0v) is 24.5. The highest BCUT2D eigenvalue weighted by Crippen LogP contribution is 2.38. The maximum Gasteiger partial charge on any atom is 0.380 e. The molecule has 1 aliphatic heterocycles. The topological polar surface area (TPSA) is 193 Å². The second-order valence-electron chi connectivity index (χ2n) is 9.44. The van der Waals surface area contributed by atoms with Crippen LogP contribution < -0.4 is 0 Å². The minimum Gasteiger partial charge on any atom is -0.462 e. The van der Waals surface area contributed by atoms with Gasteiger partial charge in [0, 0.05) is 41.5 Å². The van der Waals surface area contributed by atoms with Crippen LogP contribution in [0.1, 0.15) is 53.5 Å². The second-order valence-corrected chi connectivity index (χ2v) is 9.44. The maximum atomic E-state index is 13.6. The summed E-state index contributed by atoms with van der Waals surface area (Å²) in [6.07, 6.45) is -9.15. The fourth-order valence-electron chi connectivity index (χ4n) is 4.30. The molecule has 0 amide bonds. The lowest BCUT2D eigenvalue weighted by molar-refractivity contribution is -0.322. The lowest BCUT2D eigenvalue weighted by Crippen LogP contribution is -2.66. The van der Waals surface area contributed by atoms with Crippen molar-refractivity contribution in [1.29, 1.82) is 0 Å². The summed E-state index contributed by atoms with van der Waals surface area (Å²) in [5.41, 5.74) is 0.560. The third-order valence-electron chi connectivity index (χ3n) is 5.70. The highest BCUT2D eigenvalue weighted by molar-refractivity contribution is 5.82. The Kier molecular flexibility index (Phi) is 12.6. The van der Waals surface area contributed by atoms with E-state index in [1.807, 2.05) is 0 Å². The Bertz CT molecular complexity index is 1200. The number of ether oxygens (including phenoxy) is 8. The Balaban J connectivity index is 2.71. The molecule has 0 aliphatic carbocycles. The van der Waals surface area contributed by atoms with Crippen molar-refractivity contribution in [3.05, 3.63) is 35.9 Å². The predicted octanol–water partition coefficient (Wildman–Crippen LogP) is 1.07. The minimum absolute atomic E-state index is 0.293. The third-order valence-corrected chi connectivity index (χ3v) is 5.70. The van der Waals surface area contributed by atoms with E-state index in [4.69, 9.17) is 37.9 Å². The largest absolute Gasteiger partial charge is 0.462 e. The van der Waals surface area contributed by atoms with Crippen LogP contribution in [0.25, 0.3) is 0 Å². The van der Waals surface area contributed by atoms with Crippen LogP contribution >= 0.6 is 0 Å². The summed E-state index contributed by atoms with van der Waals surface area (Å²) in [6.45, 7) is 5.11. The quantitative estimate of drug-likeness (QED) is 0.241. The number of carbonyl (C=O) groups is 7. The van der Waals surface area contributed by atoms with Crippen molar-refractivity contribution >= 4 is 41.8 Å². The first kappa shape index (κ1) is 34.7. The first-order valence-corrected chi connectivity index (χ1v) is 13.0. The number of hydrogen-bond donors (Lipinski definition) is 0. The fourth-order valence-corrected chi connectivity index (χ4v) is 4.30. The molecule has 0 bridgehead atoms. The molecular weight excluding hydrogens is 576 g/mol. The zero-order valence-electron chi connectivity index (χ0n) is 24.5. The number of rotatable bonds is 12. The van der Waals surface area contributed by atoms with E-state index < -0.39 is 91.1 Å². The lowest BCUT2D eigenvalue weighted by atomic mass is 9.89. The molecule has 0 N–H and O–H groups in total. The van der Waals surface area contributed by atoms with Gasteiger partial charge < -0.3 is 37.9 Å². The molecule has 0 spiro atoms. The van der Waals surface area contributed by atoms with Crippen LogP contribution in [0.3, 0.4) is 0 Å². The average Bonchev–Trinajstić information content (AvgIpc) is 2.89. The van der Waals surface area contributed by atoms with Crippen LogP contribution in [0.2, 0.25) is 0 Å². The molecule has 1 saturated heterocycles. The van der Waals surface area contributed by atoms with Crippen LogP contribution in [-0.4, -0.2) is 84.7 Å². The zero-order chi connectivity index (χ0) is 32.3. The maximum absolute atomic E-state index is 13.6. The van der Waals surface area contributed by atoms with E-state index in [0.29, 0.717) is 5.56 Å². The van der Waals surface area contributed by atoms with Gasteiger partial charge in [0.15, 0.2) is 18.3 Å². The molecule has 1 aliphatic rings. The van der Waals surface area contributed by atoms with Gasteiger partial charge >= 0.3 is 47.6 Å². The summed E-state index contributed by atoms with van der Waals surface area (Å²) in [6, 6.07) is 8.44. The van der Waals surface area contributed by atoms with E-state index in [0.717, 1.165) is 41.5 Å². The normalized spacial score (nSPS) is 22.5. The van der Waals surface area contributed by atoms with Gasteiger partial charge in [-0.3, -0.25) is 28.8 Å². The van der Waals surface area contributed by atoms with E-state index in [-0.39, 0.29) is 6.61 Å². The van der Waals surface area contributed by atoms with Crippen LogP contribution in [0.5, 0.6) is 0 Å². The molecule has 1 aromatic rings. The monoisotopic (exact) mass is 610 g/mol. The lowest BCUT2D eigenvalue weighted by Gasteiger charge is -2.47. The van der Waals surface area contributed by atoms with Gasteiger partial charge in [-0.05, 0) is 5.56 Å². The summed E-state index contributed by atoms with van der Waals surface area (Å²) >= 11 is 0. The standard InChI is InChI=1S/C28H34O15/c1-15(29)36-14-23(39-17(3)31)25(41-19(5)33)26-24(40-18(4)32)22(38-16(2)30)12-28(43-26,42-20(6)34)27(35)37-13-21-10-8-7-9-11-21/h7-11,22-26H,12-14H2,1-6H3. The molecule has 6 atom stereocenters. The Morgan fingerprint density at radius 1 is 0.767 bits per heavy atom. The van der Waals surface area contributed by atoms with Gasteiger partial charge in [-0.1, -0.05) is 30.3 Å². The highest BCUT2D eigenvalue weighted by Gasteiger charge is 2.61. The third kappa shape index (κ3) is 10.7. The Hall–Kier alpha value is -4.53. The number of hydrogen-bond acceptors (Lipinski definition) is 15. The van der Waals surface area contributed by atoms with Crippen LogP contribution in [0.15, 0.2) is 30.3 Å². The van der Waals surface area contributed by atoms with Gasteiger partial charge in [0.05, 0.1) is 6.42 Å². The van der Waals surface area contributed by atoms with Gasteiger partial charge in [0.1, 0.15) is 25.4 Å². The van der Waals surface area contributed by atoms with E-state index in [1.54, 1.807) is 30.3 Å². The van der Waals surface area contributed by atoms with Gasteiger partial charge in [-0.25, -0.2) is 4.79 Å². The van der Waals surface area contributed by atoms with Crippen molar-refractivity contribution in [2.75, 3.05) is 6.61 Å². The van der Waals surface area contributed by atoms with E-state index >= 15 is 0 Å². The molecule has 0 radical (unpaired) electrons.